The van der Waals surface area contributed by atoms with Crippen molar-refractivity contribution in [3.05, 3.63) is 27.2 Å². The van der Waals surface area contributed by atoms with Crippen LogP contribution in [0.2, 0.25) is 15.1 Å². The summed E-state index contributed by atoms with van der Waals surface area (Å²) in [5, 5.41) is 11.3. The van der Waals surface area contributed by atoms with E-state index in [1.165, 1.54) is 0 Å². The lowest BCUT2D eigenvalue weighted by Gasteiger charge is -2.52. The number of ether oxygens (including phenoxy) is 1. The molecular formula is C14H17Cl3O2. The Morgan fingerprint density at radius 1 is 1.21 bits per heavy atom. The van der Waals surface area contributed by atoms with Gasteiger partial charge in [0.25, 0.3) is 0 Å². The summed E-state index contributed by atoms with van der Waals surface area (Å²) >= 11 is 18.1. The summed E-state index contributed by atoms with van der Waals surface area (Å²) in [5.41, 5.74) is -0.202. The fourth-order valence-electron chi connectivity index (χ4n) is 2.85. The molecule has 0 saturated heterocycles. The lowest BCUT2D eigenvalue weighted by atomic mass is 9.60. The largest absolute Gasteiger partial charge is 0.487 e. The van der Waals surface area contributed by atoms with E-state index in [4.69, 9.17) is 39.5 Å². The maximum Gasteiger partial charge on any atom is 0.157 e. The van der Waals surface area contributed by atoms with Crippen molar-refractivity contribution in [2.75, 3.05) is 0 Å². The van der Waals surface area contributed by atoms with E-state index in [9.17, 15) is 5.11 Å². The van der Waals surface area contributed by atoms with Gasteiger partial charge in [-0.05, 0) is 25.0 Å². The summed E-state index contributed by atoms with van der Waals surface area (Å²) in [4.78, 5) is 0. The molecule has 0 amide bonds. The minimum absolute atomic E-state index is 0.0614. The summed E-state index contributed by atoms with van der Waals surface area (Å²) in [6, 6.07) is 3.22. The fourth-order valence-corrected chi connectivity index (χ4v) is 3.76. The van der Waals surface area contributed by atoms with Crippen LogP contribution in [0.4, 0.5) is 0 Å². The maximum absolute atomic E-state index is 10.0. The highest BCUT2D eigenvalue weighted by Gasteiger charge is 2.54. The number of hydrogen-bond donors (Lipinski definition) is 1. The molecule has 0 bridgehead atoms. The molecule has 19 heavy (non-hydrogen) atoms. The Kier molecular flexibility index (Phi) is 4.56. The molecule has 1 aromatic carbocycles. The van der Waals surface area contributed by atoms with Crippen molar-refractivity contribution in [3.8, 4) is 5.75 Å². The Bertz CT molecular complexity index is 449. The Labute approximate surface area is 128 Å². The van der Waals surface area contributed by atoms with E-state index in [1.54, 1.807) is 12.1 Å². The predicted octanol–water partition coefficient (Wildman–Crippen LogP) is 4.97. The second-order valence-corrected chi connectivity index (χ2v) is 6.25. The van der Waals surface area contributed by atoms with Crippen LogP contribution in [0.3, 0.4) is 0 Å². The second-order valence-electron chi connectivity index (χ2n) is 5.00. The molecule has 1 saturated carbocycles. The van der Waals surface area contributed by atoms with Crippen molar-refractivity contribution in [2.45, 2.75) is 45.3 Å². The summed E-state index contributed by atoms with van der Waals surface area (Å²) < 4.78 is 5.95. The molecule has 2 nitrogen and oxygen atoms in total. The van der Waals surface area contributed by atoms with Gasteiger partial charge in [-0.15, -0.1) is 0 Å². The van der Waals surface area contributed by atoms with E-state index in [0.717, 1.165) is 12.8 Å². The molecule has 2 rings (SSSR count). The van der Waals surface area contributed by atoms with Crippen LogP contribution in [-0.4, -0.2) is 17.3 Å². The van der Waals surface area contributed by atoms with Crippen molar-refractivity contribution in [1.29, 1.82) is 0 Å². The molecule has 1 aliphatic carbocycles. The third-order valence-corrected chi connectivity index (χ3v) is 5.06. The normalized spacial score (nSPS) is 24.9. The summed E-state index contributed by atoms with van der Waals surface area (Å²) in [6.07, 6.45) is 1.94. The molecule has 0 heterocycles. The molecule has 5 heteroatoms. The zero-order valence-corrected chi connectivity index (χ0v) is 13.2. The Hall–Kier alpha value is -0.150. The lowest BCUT2D eigenvalue weighted by Crippen LogP contribution is -2.59. The highest BCUT2D eigenvalue weighted by molar-refractivity contribution is 6.40. The number of aliphatic hydroxyl groups is 1. The number of halogens is 3. The predicted molar refractivity (Wildman–Crippen MR) is 79.5 cm³/mol. The molecule has 0 radical (unpaired) electrons. The zero-order chi connectivity index (χ0) is 14.2. The minimum Gasteiger partial charge on any atom is -0.487 e. The van der Waals surface area contributed by atoms with Gasteiger partial charge in [-0.1, -0.05) is 48.7 Å². The van der Waals surface area contributed by atoms with Gasteiger partial charge < -0.3 is 9.84 Å². The smallest absolute Gasteiger partial charge is 0.157 e. The van der Waals surface area contributed by atoms with Crippen LogP contribution >= 0.6 is 34.8 Å². The highest BCUT2D eigenvalue weighted by atomic mass is 35.5. The van der Waals surface area contributed by atoms with E-state index >= 15 is 0 Å². The second kappa shape index (κ2) is 5.69. The third-order valence-electron chi connectivity index (χ3n) is 4.28. The average Bonchev–Trinajstić information content (AvgIpc) is 2.33. The standard InChI is InChI=1S/C14H17Cl3O2/c1-3-14(4-2)11(18)7-12(14)19-13-9(16)5-8(15)6-10(13)17/h5-6,11-12,18H,3-4,7H2,1-2H3. The van der Waals surface area contributed by atoms with Crippen molar-refractivity contribution >= 4 is 34.8 Å². The summed E-state index contributed by atoms with van der Waals surface area (Å²) in [7, 11) is 0. The first kappa shape index (κ1) is 15.2. The number of hydrogen-bond acceptors (Lipinski definition) is 2. The first-order valence-corrected chi connectivity index (χ1v) is 7.57. The number of rotatable bonds is 4. The molecule has 1 aromatic rings. The fraction of sp³-hybridized carbons (Fsp3) is 0.571. The Morgan fingerprint density at radius 2 is 1.74 bits per heavy atom. The highest BCUT2D eigenvalue weighted by Crippen LogP contribution is 2.50. The van der Waals surface area contributed by atoms with E-state index in [2.05, 4.69) is 13.8 Å². The van der Waals surface area contributed by atoms with Gasteiger partial charge in [0, 0.05) is 16.9 Å². The SMILES string of the molecule is CCC1(CC)C(O)CC1Oc1c(Cl)cc(Cl)cc1Cl. The molecule has 0 aromatic heterocycles. The molecule has 1 fully saturated rings. The van der Waals surface area contributed by atoms with Gasteiger partial charge >= 0.3 is 0 Å². The molecule has 1 N–H and O–H groups in total. The Morgan fingerprint density at radius 3 is 2.16 bits per heavy atom. The van der Waals surface area contributed by atoms with Crippen LogP contribution in [0.5, 0.6) is 5.75 Å². The average molecular weight is 324 g/mol. The van der Waals surface area contributed by atoms with Gasteiger partial charge in [-0.3, -0.25) is 0 Å². The van der Waals surface area contributed by atoms with E-state index < -0.39 is 0 Å². The first-order valence-electron chi connectivity index (χ1n) is 6.43. The topological polar surface area (TPSA) is 29.5 Å². The molecule has 1 aliphatic rings. The zero-order valence-electron chi connectivity index (χ0n) is 10.9. The number of aliphatic hydroxyl groups excluding tert-OH is 1. The van der Waals surface area contributed by atoms with Crippen LogP contribution in [0.15, 0.2) is 12.1 Å². The van der Waals surface area contributed by atoms with Crippen molar-refractivity contribution in [2.24, 2.45) is 5.41 Å². The van der Waals surface area contributed by atoms with Gasteiger partial charge in [0.2, 0.25) is 0 Å². The summed E-state index contributed by atoms with van der Waals surface area (Å²) in [5.74, 6) is 0.455. The van der Waals surface area contributed by atoms with Crippen LogP contribution in [0.1, 0.15) is 33.1 Å². The monoisotopic (exact) mass is 322 g/mol. The van der Waals surface area contributed by atoms with Crippen molar-refractivity contribution < 1.29 is 9.84 Å². The summed E-state index contributed by atoms with van der Waals surface area (Å²) in [6.45, 7) is 4.13. The molecule has 106 valence electrons. The minimum atomic E-state index is -0.322. The quantitative estimate of drug-likeness (QED) is 0.848. The van der Waals surface area contributed by atoms with E-state index in [0.29, 0.717) is 27.2 Å². The van der Waals surface area contributed by atoms with Crippen LogP contribution in [0.25, 0.3) is 0 Å². The van der Waals surface area contributed by atoms with Gasteiger partial charge in [0.05, 0.1) is 16.1 Å². The lowest BCUT2D eigenvalue weighted by molar-refractivity contribution is -0.159. The van der Waals surface area contributed by atoms with Crippen LogP contribution < -0.4 is 4.74 Å². The van der Waals surface area contributed by atoms with Gasteiger partial charge in [-0.25, -0.2) is 0 Å². The van der Waals surface area contributed by atoms with E-state index in [-0.39, 0.29) is 17.6 Å². The van der Waals surface area contributed by atoms with E-state index in [1.807, 2.05) is 0 Å². The van der Waals surface area contributed by atoms with Crippen molar-refractivity contribution in [3.63, 3.8) is 0 Å². The number of benzene rings is 1. The van der Waals surface area contributed by atoms with Crippen LogP contribution in [0, 0.1) is 5.41 Å². The van der Waals surface area contributed by atoms with Crippen LogP contribution in [-0.2, 0) is 0 Å². The van der Waals surface area contributed by atoms with Gasteiger partial charge in [0.1, 0.15) is 6.10 Å². The van der Waals surface area contributed by atoms with Gasteiger partial charge in [0.15, 0.2) is 5.75 Å². The molecular weight excluding hydrogens is 307 g/mol. The van der Waals surface area contributed by atoms with Gasteiger partial charge in [-0.2, -0.15) is 0 Å². The molecule has 0 spiro atoms. The maximum atomic E-state index is 10.0. The van der Waals surface area contributed by atoms with Crippen molar-refractivity contribution in [1.82, 2.24) is 0 Å². The Balaban J connectivity index is 2.23. The first-order chi connectivity index (χ1) is 8.94. The third kappa shape index (κ3) is 2.56. The molecule has 2 unspecified atom stereocenters. The molecule has 0 aliphatic heterocycles. The molecule has 2 atom stereocenters.